The lowest BCUT2D eigenvalue weighted by atomic mass is 10.0. The highest BCUT2D eigenvalue weighted by Crippen LogP contribution is 2.14. The van der Waals surface area contributed by atoms with E-state index in [1.54, 1.807) is 25.8 Å². The van der Waals surface area contributed by atoms with Crippen LogP contribution in [0.5, 0.6) is 0 Å². The summed E-state index contributed by atoms with van der Waals surface area (Å²) < 4.78 is 10.7. The van der Waals surface area contributed by atoms with Crippen LogP contribution in [0.25, 0.3) is 0 Å². The molecular formula is C16H32N2O5. The van der Waals surface area contributed by atoms with Crippen LogP contribution < -0.4 is 0 Å². The number of hydrogen-bond acceptors (Lipinski definition) is 5. The third-order valence-electron chi connectivity index (χ3n) is 3.71. The number of aliphatic carboxylic acids is 1. The Labute approximate surface area is 139 Å². The van der Waals surface area contributed by atoms with Crippen LogP contribution in [0.3, 0.4) is 0 Å². The topological polar surface area (TPSA) is 79.3 Å². The van der Waals surface area contributed by atoms with Gasteiger partial charge in [-0.2, -0.15) is 0 Å². The number of carboxylic acids is 1. The van der Waals surface area contributed by atoms with Crippen molar-refractivity contribution in [3.8, 4) is 0 Å². The van der Waals surface area contributed by atoms with E-state index >= 15 is 0 Å². The second-order valence-electron chi connectivity index (χ2n) is 6.98. The first-order chi connectivity index (χ1) is 10.4. The number of amides is 1. The second-order valence-corrected chi connectivity index (χ2v) is 6.98. The number of likely N-dealkylation sites (N-methyl/N-ethyl adjacent to an activating group) is 2. The Morgan fingerprint density at radius 2 is 1.70 bits per heavy atom. The first-order valence-electron chi connectivity index (χ1n) is 7.75. The van der Waals surface area contributed by atoms with Crippen LogP contribution in [0.1, 0.15) is 34.6 Å². The van der Waals surface area contributed by atoms with Crippen LogP contribution in [0.4, 0.5) is 0 Å². The van der Waals surface area contributed by atoms with Gasteiger partial charge in [0, 0.05) is 20.1 Å². The van der Waals surface area contributed by atoms with Crippen molar-refractivity contribution in [2.75, 3.05) is 34.5 Å². The fourth-order valence-corrected chi connectivity index (χ4v) is 2.17. The Morgan fingerprint density at radius 1 is 1.17 bits per heavy atom. The van der Waals surface area contributed by atoms with E-state index in [1.165, 1.54) is 19.1 Å². The molecule has 0 saturated carbocycles. The zero-order valence-electron chi connectivity index (χ0n) is 15.6. The molecule has 0 heterocycles. The molecule has 0 radical (unpaired) electrons. The average molecular weight is 332 g/mol. The molecule has 7 heteroatoms. The molecule has 3 atom stereocenters. The Morgan fingerprint density at radius 3 is 2.09 bits per heavy atom. The highest BCUT2D eigenvalue weighted by Gasteiger charge is 2.34. The van der Waals surface area contributed by atoms with Crippen molar-refractivity contribution in [1.29, 1.82) is 0 Å². The third-order valence-corrected chi connectivity index (χ3v) is 3.71. The fraction of sp³-hybridized carbons (Fsp3) is 0.875. The van der Waals surface area contributed by atoms with Crippen LogP contribution in [0, 0.1) is 5.92 Å². The molecular weight excluding hydrogens is 300 g/mol. The van der Waals surface area contributed by atoms with Gasteiger partial charge in [0.25, 0.3) is 0 Å². The van der Waals surface area contributed by atoms with Gasteiger partial charge in [-0.05, 0) is 34.7 Å². The molecule has 1 N–H and O–H groups in total. The standard InChI is InChI=1S/C16H32N2O5/c1-11(9-22-8)13(15(20)21)18(7)14(19)12(2)17(6)10-23-16(3,4)5/h11-13H,9-10H2,1-8H3,(H,20,21). The number of rotatable bonds is 9. The SMILES string of the molecule is COCC(C)C(C(=O)O)N(C)C(=O)C(C)N(C)COC(C)(C)C. The highest BCUT2D eigenvalue weighted by molar-refractivity contribution is 5.86. The van der Waals surface area contributed by atoms with Crippen LogP contribution in [0.2, 0.25) is 0 Å². The van der Waals surface area contributed by atoms with Gasteiger partial charge >= 0.3 is 5.97 Å². The minimum Gasteiger partial charge on any atom is -0.480 e. The molecule has 1 amide bonds. The van der Waals surface area contributed by atoms with Gasteiger partial charge in [0.05, 0.1) is 18.2 Å². The lowest BCUT2D eigenvalue weighted by Gasteiger charge is -2.34. The normalized spacial score (nSPS) is 16.0. The van der Waals surface area contributed by atoms with E-state index in [9.17, 15) is 14.7 Å². The van der Waals surface area contributed by atoms with Crippen molar-refractivity contribution >= 4 is 11.9 Å². The molecule has 23 heavy (non-hydrogen) atoms. The fourth-order valence-electron chi connectivity index (χ4n) is 2.17. The summed E-state index contributed by atoms with van der Waals surface area (Å²) in [6.07, 6.45) is 0. The number of hydrogen-bond donors (Lipinski definition) is 1. The van der Waals surface area contributed by atoms with E-state index in [0.29, 0.717) is 0 Å². The van der Waals surface area contributed by atoms with Gasteiger partial charge in [-0.25, -0.2) is 4.79 Å². The molecule has 0 aromatic heterocycles. The highest BCUT2D eigenvalue weighted by atomic mass is 16.5. The van der Waals surface area contributed by atoms with Crippen LogP contribution >= 0.6 is 0 Å². The van der Waals surface area contributed by atoms with Crippen LogP contribution in [-0.4, -0.2) is 79.0 Å². The van der Waals surface area contributed by atoms with Crippen molar-refractivity contribution in [1.82, 2.24) is 9.80 Å². The molecule has 0 fully saturated rings. The summed E-state index contributed by atoms with van der Waals surface area (Å²) >= 11 is 0. The Hall–Kier alpha value is -1.18. The summed E-state index contributed by atoms with van der Waals surface area (Å²) in [6.45, 7) is 9.86. The van der Waals surface area contributed by atoms with E-state index in [2.05, 4.69) is 0 Å². The van der Waals surface area contributed by atoms with E-state index < -0.39 is 18.1 Å². The van der Waals surface area contributed by atoms with Crippen molar-refractivity contribution in [2.24, 2.45) is 5.92 Å². The van der Waals surface area contributed by atoms with E-state index in [-0.39, 0.29) is 30.8 Å². The molecule has 0 rings (SSSR count). The minimum atomic E-state index is -1.04. The summed E-state index contributed by atoms with van der Waals surface area (Å²) in [4.78, 5) is 27.1. The molecule has 0 spiro atoms. The van der Waals surface area contributed by atoms with Gasteiger partial charge in [-0.3, -0.25) is 9.69 Å². The lowest BCUT2D eigenvalue weighted by Crippen LogP contribution is -2.53. The number of methoxy groups -OCH3 is 1. The smallest absolute Gasteiger partial charge is 0.326 e. The number of ether oxygens (including phenoxy) is 2. The maximum absolute atomic E-state index is 12.6. The van der Waals surface area contributed by atoms with Gasteiger partial charge in [0.2, 0.25) is 5.91 Å². The molecule has 3 unspecified atom stereocenters. The molecule has 136 valence electrons. The molecule has 0 aromatic rings. The first-order valence-corrected chi connectivity index (χ1v) is 7.75. The molecule has 0 aliphatic rings. The van der Waals surface area contributed by atoms with Crippen LogP contribution in [0.15, 0.2) is 0 Å². The monoisotopic (exact) mass is 332 g/mol. The zero-order valence-corrected chi connectivity index (χ0v) is 15.6. The predicted octanol–water partition coefficient (Wildman–Crippen LogP) is 1.27. The van der Waals surface area contributed by atoms with Crippen molar-refractivity contribution in [3.63, 3.8) is 0 Å². The van der Waals surface area contributed by atoms with Gasteiger partial charge in [0.1, 0.15) is 12.8 Å². The number of carbonyl (C=O) groups is 2. The summed E-state index contributed by atoms with van der Waals surface area (Å²) in [5.41, 5.74) is -0.306. The van der Waals surface area contributed by atoms with Gasteiger partial charge < -0.3 is 19.5 Å². The zero-order chi connectivity index (χ0) is 18.4. The second kappa shape index (κ2) is 9.20. The quantitative estimate of drug-likeness (QED) is 0.641. The van der Waals surface area contributed by atoms with Gasteiger partial charge in [0.15, 0.2) is 0 Å². The third kappa shape index (κ3) is 7.28. The number of carbonyl (C=O) groups excluding carboxylic acids is 1. The summed E-state index contributed by atoms with van der Waals surface area (Å²) in [6, 6.07) is -1.42. The molecule has 7 nitrogen and oxygen atoms in total. The molecule has 0 bridgehead atoms. The van der Waals surface area contributed by atoms with Crippen molar-refractivity contribution in [3.05, 3.63) is 0 Å². The van der Waals surface area contributed by atoms with Gasteiger partial charge in [-0.15, -0.1) is 0 Å². The first kappa shape index (κ1) is 21.8. The summed E-state index contributed by atoms with van der Waals surface area (Å²) in [5, 5.41) is 9.43. The average Bonchev–Trinajstić information content (AvgIpc) is 2.42. The Bertz CT molecular complexity index is 394. The maximum atomic E-state index is 12.6. The summed E-state index contributed by atoms with van der Waals surface area (Å²) in [5.74, 6) is -1.61. The number of carboxylic acid groups (broad SMARTS) is 1. The van der Waals surface area contributed by atoms with E-state index in [1.807, 2.05) is 20.8 Å². The summed E-state index contributed by atoms with van der Waals surface area (Å²) in [7, 11) is 4.80. The largest absolute Gasteiger partial charge is 0.480 e. The van der Waals surface area contributed by atoms with Crippen molar-refractivity contribution < 1.29 is 24.2 Å². The number of nitrogens with zero attached hydrogens (tertiary/aromatic N) is 2. The Kier molecular flexibility index (Phi) is 8.73. The van der Waals surface area contributed by atoms with Crippen LogP contribution in [-0.2, 0) is 19.1 Å². The molecule has 0 aromatic carbocycles. The van der Waals surface area contributed by atoms with E-state index in [0.717, 1.165) is 0 Å². The Balaban J connectivity index is 4.91. The minimum absolute atomic E-state index is 0.264. The molecule has 0 aliphatic heterocycles. The van der Waals surface area contributed by atoms with E-state index in [4.69, 9.17) is 9.47 Å². The molecule has 0 saturated heterocycles. The lowest BCUT2D eigenvalue weighted by molar-refractivity contribution is -0.155. The predicted molar refractivity (Wildman–Crippen MR) is 88.2 cm³/mol. The molecule has 0 aliphatic carbocycles. The van der Waals surface area contributed by atoms with Gasteiger partial charge in [-0.1, -0.05) is 6.92 Å². The maximum Gasteiger partial charge on any atom is 0.326 e. The van der Waals surface area contributed by atoms with Crippen molar-refractivity contribution in [2.45, 2.75) is 52.3 Å².